The molecule has 2 aromatic carbocycles. The molecule has 0 aromatic heterocycles. The minimum Gasteiger partial charge on any atom is -0.463 e. The average molecular weight is 291 g/mol. The summed E-state index contributed by atoms with van der Waals surface area (Å²) in [6, 6.07) is 13.4. The third kappa shape index (κ3) is 3.83. The summed E-state index contributed by atoms with van der Waals surface area (Å²) in [5.41, 5.74) is 1.13. The van der Waals surface area contributed by atoms with Gasteiger partial charge in [0.2, 0.25) is 5.79 Å². The van der Waals surface area contributed by atoms with Gasteiger partial charge in [0, 0.05) is 30.0 Å². The zero-order chi connectivity index (χ0) is 14.8. The third-order valence-electron chi connectivity index (χ3n) is 2.59. The van der Waals surface area contributed by atoms with Crippen LogP contribution in [-0.2, 0) is 0 Å². The summed E-state index contributed by atoms with van der Waals surface area (Å²) < 4.78 is 5.28. The van der Waals surface area contributed by atoms with Crippen molar-refractivity contribution in [2.75, 3.05) is 0 Å². The van der Waals surface area contributed by atoms with E-state index < -0.39 is 5.79 Å². The molecular weight excluding hydrogens is 276 g/mol. The lowest BCUT2D eigenvalue weighted by Gasteiger charge is -2.19. The van der Waals surface area contributed by atoms with E-state index in [1.54, 1.807) is 62.4 Å². The van der Waals surface area contributed by atoms with Crippen LogP contribution in [0.25, 0.3) is 0 Å². The fraction of sp³-hybridized carbons (Fsp3) is 0.188. The van der Waals surface area contributed by atoms with Gasteiger partial charge in [-0.2, -0.15) is 0 Å². The van der Waals surface area contributed by atoms with Gasteiger partial charge in [0.1, 0.15) is 5.75 Å². The summed E-state index contributed by atoms with van der Waals surface area (Å²) >= 11 is 5.79. The van der Waals surface area contributed by atoms with E-state index in [4.69, 9.17) is 16.3 Å². The first-order valence-electron chi connectivity index (χ1n) is 6.17. The van der Waals surface area contributed by atoms with Gasteiger partial charge in [-0.25, -0.2) is 0 Å². The van der Waals surface area contributed by atoms with Crippen LogP contribution in [0.2, 0.25) is 5.02 Å². The van der Waals surface area contributed by atoms with E-state index in [-0.39, 0.29) is 5.78 Å². The van der Waals surface area contributed by atoms with Crippen molar-refractivity contribution in [2.24, 2.45) is 0 Å². The van der Waals surface area contributed by atoms with Crippen LogP contribution in [-0.4, -0.2) is 16.7 Å². The molecule has 0 unspecified atom stereocenters. The summed E-state index contributed by atoms with van der Waals surface area (Å²) in [4.78, 5) is 12.2. The van der Waals surface area contributed by atoms with Crippen molar-refractivity contribution in [3.8, 4) is 5.75 Å². The fourth-order valence-corrected chi connectivity index (χ4v) is 1.86. The van der Waals surface area contributed by atoms with E-state index >= 15 is 0 Å². The van der Waals surface area contributed by atoms with Gasteiger partial charge in [-0.15, -0.1) is 0 Å². The first-order chi connectivity index (χ1) is 9.35. The zero-order valence-corrected chi connectivity index (χ0v) is 12.0. The molecule has 0 fully saturated rings. The normalized spacial score (nSPS) is 11.2. The molecule has 2 aromatic rings. The maximum absolute atomic E-state index is 12.2. The van der Waals surface area contributed by atoms with Crippen LogP contribution in [0.4, 0.5) is 0 Å². The minimum atomic E-state index is -1.25. The highest BCUT2D eigenvalue weighted by molar-refractivity contribution is 6.30. The Bertz CT molecular complexity index is 595. The number of carbonyl (C=O) groups is 1. The van der Waals surface area contributed by atoms with Gasteiger partial charge in [-0.1, -0.05) is 11.6 Å². The van der Waals surface area contributed by atoms with Crippen molar-refractivity contribution in [1.29, 1.82) is 0 Å². The van der Waals surface area contributed by atoms with Crippen molar-refractivity contribution in [3.63, 3.8) is 0 Å². The third-order valence-corrected chi connectivity index (χ3v) is 2.84. The Kier molecular flexibility index (Phi) is 4.12. The molecule has 0 amide bonds. The molecule has 104 valence electrons. The number of rotatable bonds is 4. The second-order valence-corrected chi connectivity index (χ2v) is 5.35. The Balaban J connectivity index is 2.17. The van der Waals surface area contributed by atoms with Crippen molar-refractivity contribution >= 4 is 17.4 Å². The maximum atomic E-state index is 12.2. The molecule has 0 atom stereocenters. The van der Waals surface area contributed by atoms with Gasteiger partial charge in [0.25, 0.3) is 0 Å². The predicted molar refractivity (Wildman–Crippen MR) is 78.3 cm³/mol. The zero-order valence-electron chi connectivity index (χ0n) is 11.3. The SMILES string of the molecule is CC(C)(O)Oc1ccc(C(=O)c2ccc(Cl)cc2)cc1. The van der Waals surface area contributed by atoms with Gasteiger partial charge in [0.15, 0.2) is 5.78 Å². The summed E-state index contributed by atoms with van der Waals surface area (Å²) in [6.45, 7) is 3.08. The van der Waals surface area contributed by atoms with Crippen molar-refractivity contribution in [1.82, 2.24) is 0 Å². The quantitative estimate of drug-likeness (QED) is 0.690. The molecule has 2 rings (SSSR count). The van der Waals surface area contributed by atoms with Gasteiger partial charge in [-0.3, -0.25) is 4.79 Å². The van der Waals surface area contributed by atoms with E-state index in [1.165, 1.54) is 0 Å². The molecule has 3 nitrogen and oxygen atoms in total. The highest BCUT2D eigenvalue weighted by Crippen LogP contribution is 2.19. The highest BCUT2D eigenvalue weighted by atomic mass is 35.5. The fourth-order valence-electron chi connectivity index (χ4n) is 1.73. The number of ether oxygens (including phenoxy) is 1. The topological polar surface area (TPSA) is 46.5 Å². The van der Waals surface area contributed by atoms with Crippen LogP contribution in [0.5, 0.6) is 5.75 Å². The number of halogens is 1. The largest absolute Gasteiger partial charge is 0.463 e. The van der Waals surface area contributed by atoms with Crippen LogP contribution < -0.4 is 4.74 Å². The van der Waals surface area contributed by atoms with E-state index in [9.17, 15) is 9.90 Å². The highest BCUT2D eigenvalue weighted by Gasteiger charge is 2.14. The summed E-state index contributed by atoms with van der Waals surface area (Å²) in [5, 5.41) is 10.1. The van der Waals surface area contributed by atoms with Gasteiger partial charge < -0.3 is 9.84 Å². The number of benzene rings is 2. The van der Waals surface area contributed by atoms with Crippen LogP contribution in [0, 0.1) is 0 Å². The number of hydrogen-bond acceptors (Lipinski definition) is 3. The summed E-state index contributed by atoms with van der Waals surface area (Å²) in [7, 11) is 0. The molecule has 0 aliphatic rings. The molecule has 0 saturated carbocycles. The predicted octanol–water partition coefficient (Wildman–Crippen LogP) is 3.68. The van der Waals surface area contributed by atoms with E-state index in [1.807, 2.05) is 0 Å². The van der Waals surface area contributed by atoms with Crippen molar-refractivity contribution in [2.45, 2.75) is 19.6 Å². The van der Waals surface area contributed by atoms with E-state index in [2.05, 4.69) is 0 Å². The minimum absolute atomic E-state index is 0.0866. The van der Waals surface area contributed by atoms with Crippen molar-refractivity contribution in [3.05, 3.63) is 64.7 Å². The Morgan fingerprint density at radius 3 is 1.90 bits per heavy atom. The van der Waals surface area contributed by atoms with Crippen LogP contribution in [0.1, 0.15) is 29.8 Å². The standard InChI is InChI=1S/C16H15ClO3/c1-16(2,19)20-14-9-5-12(6-10-14)15(18)11-3-7-13(17)8-4-11/h3-10,19H,1-2H3. The summed E-state index contributed by atoms with van der Waals surface area (Å²) in [6.07, 6.45) is 0. The lowest BCUT2D eigenvalue weighted by atomic mass is 10.0. The molecule has 0 heterocycles. The first kappa shape index (κ1) is 14.6. The lowest BCUT2D eigenvalue weighted by molar-refractivity contribution is -0.104. The molecule has 0 saturated heterocycles. The Hall–Kier alpha value is -1.84. The Labute approximate surface area is 122 Å². The molecule has 0 bridgehead atoms. The molecule has 0 spiro atoms. The lowest BCUT2D eigenvalue weighted by Crippen LogP contribution is -2.26. The molecule has 0 aliphatic heterocycles. The monoisotopic (exact) mass is 290 g/mol. The van der Waals surface area contributed by atoms with Gasteiger partial charge in [0.05, 0.1) is 0 Å². The average Bonchev–Trinajstić information content (AvgIpc) is 2.38. The van der Waals surface area contributed by atoms with Crippen molar-refractivity contribution < 1.29 is 14.6 Å². The van der Waals surface area contributed by atoms with E-state index in [0.29, 0.717) is 21.9 Å². The van der Waals surface area contributed by atoms with E-state index in [0.717, 1.165) is 0 Å². The number of aliphatic hydroxyl groups is 1. The van der Waals surface area contributed by atoms with Crippen LogP contribution in [0.15, 0.2) is 48.5 Å². The van der Waals surface area contributed by atoms with Gasteiger partial charge >= 0.3 is 0 Å². The molecule has 0 radical (unpaired) electrons. The van der Waals surface area contributed by atoms with Crippen LogP contribution in [0.3, 0.4) is 0 Å². The molecular formula is C16H15ClO3. The smallest absolute Gasteiger partial charge is 0.202 e. The second-order valence-electron chi connectivity index (χ2n) is 4.91. The van der Waals surface area contributed by atoms with Gasteiger partial charge in [-0.05, 0) is 48.5 Å². The molecule has 20 heavy (non-hydrogen) atoms. The summed E-state index contributed by atoms with van der Waals surface area (Å²) in [5.74, 6) is -0.830. The molecule has 4 heteroatoms. The van der Waals surface area contributed by atoms with Crippen LogP contribution >= 0.6 is 11.6 Å². The molecule has 1 N–H and O–H groups in total. The maximum Gasteiger partial charge on any atom is 0.202 e. The number of hydrogen-bond donors (Lipinski definition) is 1. The second kappa shape index (κ2) is 5.65. The molecule has 0 aliphatic carbocycles. The first-order valence-corrected chi connectivity index (χ1v) is 6.55. The number of carbonyl (C=O) groups excluding carboxylic acids is 1. The Morgan fingerprint density at radius 1 is 1.00 bits per heavy atom. The Morgan fingerprint density at radius 2 is 1.45 bits per heavy atom. The number of ketones is 1.